The summed E-state index contributed by atoms with van der Waals surface area (Å²) in [6, 6.07) is 14.8. The molecule has 2 aromatic carbocycles. The van der Waals surface area contributed by atoms with E-state index in [-0.39, 0.29) is 17.9 Å². The van der Waals surface area contributed by atoms with Gasteiger partial charge in [-0.15, -0.1) is 0 Å². The van der Waals surface area contributed by atoms with Gasteiger partial charge in [0.15, 0.2) is 18.7 Å². The number of aromatic nitrogens is 4. The van der Waals surface area contributed by atoms with Crippen molar-refractivity contribution in [2.24, 2.45) is 0 Å². The molecule has 7 rings (SSSR count). The Labute approximate surface area is 373 Å². The quantitative estimate of drug-likeness (QED) is 0.0626. The zero-order valence-electron chi connectivity index (χ0n) is 33.5. The Morgan fingerprint density at radius 3 is 1.91 bits per heavy atom. The Hall–Kier alpha value is -4.48. The molecule has 2 aromatic heterocycles. The van der Waals surface area contributed by atoms with E-state index in [0.717, 1.165) is 34.5 Å². The Morgan fingerprint density at radius 2 is 1.28 bits per heavy atom. The van der Waals surface area contributed by atoms with Crippen LogP contribution in [0.3, 0.4) is 0 Å². The van der Waals surface area contributed by atoms with Crippen LogP contribution < -0.4 is 27.6 Å². The number of halogens is 1. The number of anilines is 2. The van der Waals surface area contributed by atoms with Crippen molar-refractivity contribution in [3.8, 4) is 0 Å². The summed E-state index contributed by atoms with van der Waals surface area (Å²) >= 11 is 0. The molecule has 0 saturated carbocycles. The van der Waals surface area contributed by atoms with Crippen molar-refractivity contribution in [2.45, 2.75) is 61.8 Å². The lowest BCUT2D eigenvalue weighted by Gasteiger charge is -2.23. The number of urea groups is 1. The number of carbonyl (C=O) groups is 1. The van der Waals surface area contributed by atoms with E-state index in [9.17, 15) is 71.6 Å². The highest BCUT2D eigenvalue weighted by Crippen LogP contribution is 2.71. The number of aliphatic hydroxyl groups is 2. The second-order valence-electron chi connectivity index (χ2n) is 14.2. The second-order valence-corrected chi connectivity index (χ2v) is 20.5. The fourth-order valence-electron chi connectivity index (χ4n) is 6.68. The third kappa shape index (κ3) is 13.0. The molecule has 364 valence electrons. The lowest BCUT2D eigenvalue weighted by atomic mass is 10.1. The maximum Gasteiger partial charge on any atom is 0.490 e. The van der Waals surface area contributed by atoms with Gasteiger partial charge in [-0.1, -0.05) is 30.3 Å². The molecule has 2 amide bonds. The van der Waals surface area contributed by atoms with Gasteiger partial charge in [0.25, 0.3) is 5.56 Å². The summed E-state index contributed by atoms with van der Waals surface area (Å²) in [5.74, 6) is -0.762. The molecule has 3 fully saturated rings. The first kappa shape index (κ1) is 50.4. The van der Waals surface area contributed by atoms with Crippen molar-refractivity contribution in [1.82, 2.24) is 19.1 Å². The molecule has 0 bridgehead atoms. The number of ether oxygens (including phenoxy) is 4. The zero-order valence-corrected chi connectivity index (χ0v) is 37.0. The molecule has 13 atom stereocenters. The fourth-order valence-corrected chi connectivity index (χ4v) is 11.6. The van der Waals surface area contributed by atoms with E-state index in [1.165, 1.54) is 24.4 Å². The minimum atomic E-state index is -6.28. The van der Waals surface area contributed by atoms with Crippen LogP contribution in [-0.2, 0) is 65.6 Å². The molecule has 0 spiro atoms. The van der Waals surface area contributed by atoms with E-state index in [2.05, 4.69) is 33.1 Å². The van der Waals surface area contributed by atoms with E-state index in [0.29, 0.717) is 4.57 Å². The smallest absolute Gasteiger partial charge is 0.387 e. The van der Waals surface area contributed by atoms with Crippen LogP contribution in [0.1, 0.15) is 18.0 Å². The average Bonchev–Trinajstić information content (AvgIpc) is 3.87. The number of nitrogens with zero attached hydrogens (tertiary/aromatic N) is 3. The van der Waals surface area contributed by atoms with Crippen LogP contribution in [0, 0.1) is 5.82 Å². The minimum Gasteiger partial charge on any atom is -0.387 e. The van der Waals surface area contributed by atoms with Crippen LogP contribution in [-0.4, -0.2) is 111 Å². The molecule has 0 aliphatic carbocycles. The highest BCUT2D eigenvalue weighted by atomic mass is 31.3. The number of benzene rings is 2. The molecule has 34 heteroatoms. The Balaban J connectivity index is 0.961. The molecule has 67 heavy (non-hydrogen) atoms. The summed E-state index contributed by atoms with van der Waals surface area (Å²) in [6.45, 7) is -2.25. The predicted octanol–water partition coefficient (Wildman–Crippen LogP) is 0.931. The number of hydrogen-bond acceptors (Lipinski definition) is 20. The summed E-state index contributed by atoms with van der Waals surface area (Å²) in [6.07, 6.45) is -11.2. The van der Waals surface area contributed by atoms with E-state index >= 15 is 0 Å². The number of hydrogen-bond donors (Lipinski definition) is 9. The monoisotopic (exact) mass is 1030 g/mol. The first-order valence-corrected chi connectivity index (χ1v) is 24.9. The van der Waals surface area contributed by atoms with Crippen LogP contribution in [0.4, 0.5) is 20.7 Å². The van der Waals surface area contributed by atoms with Gasteiger partial charge in [-0.25, -0.2) is 37.0 Å². The van der Waals surface area contributed by atoms with Gasteiger partial charge in [0.2, 0.25) is 0 Å². The van der Waals surface area contributed by atoms with Gasteiger partial charge in [0.05, 0.1) is 13.2 Å². The third-order valence-corrected chi connectivity index (χ3v) is 15.4. The number of fused-ring (bicyclic) bond motifs is 1. The Morgan fingerprint density at radius 1 is 0.701 bits per heavy atom. The maximum atomic E-state index is 13.3. The normalized spacial score (nSPS) is 28.4. The Kier molecular flexibility index (Phi) is 15.2. The van der Waals surface area contributed by atoms with Gasteiger partial charge < -0.3 is 54.1 Å². The van der Waals surface area contributed by atoms with Gasteiger partial charge in [0, 0.05) is 30.6 Å². The first-order valence-electron chi connectivity index (χ1n) is 19.0. The number of nitrogens with one attached hydrogen (secondary N) is 3. The number of amides is 2. The summed E-state index contributed by atoms with van der Waals surface area (Å²) in [5, 5.41) is 25.4. The highest BCUT2D eigenvalue weighted by molar-refractivity contribution is 7.69. The van der Waals surface area contributed by atoms with Crippen LogP contribution in [0.5, 0.6) is 0 Å². The maximum absolute atomic E-state index is 13.3. The van der Waals surface area contributed by atoms with Gasteiger partial charge >= 0.3 is 48.7 Å². The minimum absolute atomic E-state index is 0.162. The Bertz CT molecular complexity index is 2820. The third-order valence-electron chi connectivity index (χ3n) is 9.48. The molecule has 3 saturated heterocycles. The first-order chi connectivity index (χ1) is 31.5. The standard InChI is InChI=1S/C33H37FN6O23P4/c34-18-6-8-19(9-7-18)35-31(44)36-22-10-12-40(32(45)37-22)30-28-27(59-24(60-28)14-17-4-2-1-3-5-17)21(58-30)16-56-65(49,50)62-67(53,54)63-66(51,52)61-64(47,48)55-15-20-25(42)26(43)29(57-20)39-13-11-23(41)38-33(39)46/h1-13,20-21,24-30,42-43H,14-16H2,(H,47,48)(H,49,50)(H,51,52)(H,53,54)(H,38,41,46)(H2,35,36,37,44,45)/t20-,21+,24+,25-,26-,27+,28+,29-,30+/m0/s1. The number of aromatic amines is 1. The van der Waals surface area contributed by atoms with Crippen molar-refractivity contribution in [3.05, 3.63) is 122 Å². The summed E-state index contributed by atoms with van der Waals surface area (Å²) in [7, 11) is -24.3. The highest BCUT2D eigenvalue weighted by Gasteiger charge is 2.55. The van der Waals surface area contributed by atoms with Crippen LogP contribution >= 0.6 is 31.3 Å². The molecule has 3 aliphatic heterocycles. The van der Waals surface area contributed by atoms with Crippen molar-refractivity contribution >= 4 is 48.8 Å². The number of phosphoric acid groups is 4. The molecule has 5 heterocycles. The van der Waals surface area contributed by atoms with E-state index < -0.39 is 129 Å². The van der Waals surface area contributed by atoms with Crippen molar-refractivity contribution in [1.29, 1.82) is 0 Å². The number of rotatable bonds is 18. The average molecular weight is 1030 g/mol. The molecular weight excluding hydrogens is 991 g/mol. The number of carbonyl (C=O) groups excluding carboxylic acids is 1. The molecule has 3 aliphatic rings. The topological polar surface area (TPSA) is 404 Å². The van der Waals surface area contributed by atoms with Gasteiger partial charge in [-0.05, 0) is 35.9 Å². The molecular formula is C33H37FN6O23P4. The largest absolute Gasteiger partial charge is 0.490 e. The van der Waals surface area contributed by atoms with Crippen molar-refractivity contribution < 1.29 is 98.2 Å². The van der Waals surface area contributed by atoms with E-state index in [4.69, 9.17) is 23.5 Å². The molecule has 29 nitrogen and oxygen atoms in total. The number of phosphoric ester groups is 2. The SMILES string of the molecule is O=C(Nc1ccc(F)cc1)Nc1ccn([C@@H]2O[C@H](COP(=O)(O)OP(=O)(O)OP(=O)(O)OP(=O)(O)OC[C@@H]3O[C@H](n4ccc(=O)[nH]c4=O)[C@@H](O)[C@H]3O)[C@H]3O[C@@H](Cc4ccccc4)O[C@H]32)c(=O)n1. The summed E-state index contributed by atoms with van der Waals surface area (Å²) in [5.41, 5.74) is -1.91. The molecule has 9 N–H and O–H groups in total. The van der Waals surface area contributed by atoms with E-state index in [1.54, 1.807) is 30.3 Å². The molecule has 0 radical (unpaired) electrons. The van der Waals surface area contributed by atoms with Gasteiger partial charge in [-0.2, -0.15) is 17.9 Å². The summed E-state index contributed by atoms with van der Waals surface area (Å²) in [4.78, 5) is 95.4. The zero-order chi connectivity index (χ0) is 48.5. The van der Waals surface area contributed by atoms with Gasteiger partial charge in [0.1, 0.15) is 48.3 Å². The van der Waals surface area contributed by atoms with Crippen LogP contribution in [0.15, 0.2) is 93.5 Å². The van der Waals surface area contributed by atoms with Crippen LogP contribution in [0.2, 0.25) is 0 Å². The molecule has 4 aromatic rings. The van der Waals surface area contributed by atoms with Crippen molar-refractivity contribution in [2.75, 3.05) is 23.8 Å². The summed E-state index contributed by atoms with van der Waals surface area (Å²) < 4.78 is 110. The second kappa shape index (κ2) is 20.2. The fraction of sp³-hybridized carbons (Fsp3) is 0.364. The van der Waals surface area contributed by atoms with Crippen molar-refractivity contribution in [3.63, 3.8) is 0 Å². The van der Waals surface area contributed by atoms with Crippen LogP contribution in [0.25, 0.3) is 0 Å². The molecule has 4 unspecified atom stereocenters. The van der Waals surface area contributed by atoms with E-state index in [1.807, 2.05) is 4.98 Å². The number of aliphatic hydroxyl groups excluding tert-OH is 2. The predicted molar refractivity (Wildman–Crippen MR) is 217 cm³/mol. The van der Waals surface area contributed by atoms with Gasteiger partial charge in [-0.3, -0.25) is 33.3 Å². The number of H-pyrrole nitrogens is 1. The lowest BCUT2D eigenvalue weighted by Crippen LogP contribution is -2.37. The lowest BCUT2D eigenvalue weighted by molar-refractivity contribution is -0.150.